The summed E-state index contributed by atoms with van der Waals surface area (Å²) >= 11 is 12.2. The first kappa shape index (κ1) is 25.0. The SMILES string of the molecule is O=C(OC(=O)c1c(S(=O)(=O)O)cc(Cl)c2ccccc12)c1c(S(=O)(=O)O)cc(Cl)c2ccccc12. The van der Waals surface area contributed by atoms with Crippen molar-refractivity contribution in [1.29, 1.82) is 0 Å². The second kappa shape index (κ2) is 8.86. The summed E-state index contributed by atoms with van der Waals surface area (Å²) in [5, 5.41) is 0.123. The molecule has 35 heavy (non-hydrogen) atoms. The van der Waals surface area contributed by atoms with Gasteiger partial charge in [0.05, 0.1) is 11.1 Å². The third-order valence-electron chi connectivity index (χ3n) is 5.07. The fraction of sp³-hybridized carbons (Fsp3) is 0. The molecule has 0 saturated carbocycles. The minimum atomic E-state index is -5.01. The van der Waals surface area contributed by atoms with E-state index in [0.29, 0.717) is 0 Å². The number of ether oxygens (including phenoxy) is 1. The van der Waals surface area contributed by atoms with Crippen LogP contribution in [0.2, 0.25) is 10.0 Å². The predicted octanol–water partition coefficient (Wildman–Crippen LogP) is 4.79. The zero-order valence-electron chi connectivity index (χ0n) is 17.1. The maximum atomic E-state index is 13.1. The lowest BCUT2D eigenvalue weighted by atomic mass is 10.0. The Morgan fingerprint density at radius 1 is 0.629 bits per heavy atom. The number of carbonyl (C=O) groups excluding carboxylic acids is 2. The van der Waals surface area contributed by atoms with Crippen molar-refractivity contribution in [3.8, 4) is 0 Å². The first-order valence-corrected chi connectivity index (χ1v) is 13.1. The average molecular weight is 555 g/mol. The van der Waals surface area contributed by atoms with Crippen LogP contribution in [0.5, 0.6) is 0 Å². The summed E-state index contributed by atoms with van der Waals surface area (Å²) in [6, 6.07) is 13.2. The molecule has 0 heterocycles. The fourth-order valence-electron chi connectivity index (χ4n) is 3.63. The summed E-state index contributed by atoms with van der Waals surface area (Å²) in [6.07, 6.45) is 0. The maximum Gasteiger partial charge on any atom is 0.348 e. The molecule has 0 atom stereocenters. The molecule has 2 N–H and O–H groups in total. The maximum absolute atomic E-state index is 13.1. The number of hydrogen-bond acceptors (Lipinski definition) is 7. The van der Waals surface area contributed by atoms with Crippen LogP contribution in [0.25, 0.3) is 21.5 Å². The van der Waals surface area contributed by atoms with Crippen LogP contribution >= 0.6 is 23.2 Å². The molecule has 13 heteroatoms. The van der Waals surface area contributed by atoms with E-state index in [1.54, 1.807) is 12.1 Å². The van der Waals surface area contributed by atoms with Gasteiger partial charge in [0.15, 0.2) is 0 Å². The number of halogens is 2. The zero-order valence-corrected chi connectivity index (χ0v) is 20.2. The first-order valence-electron chi connectivity index (χ1n) is 9.44. The topological polar surface area (TPSA) is 152 Å². The van der Waals surface area contributed by atoms with Crippen molar-refractivity contribution in [3.05, 3.63) is 81.8 Å². The monoisotopic (exact) mass is 554 g/mol. The van der Waals surface area contributed by atoms with Gasteiger partial charge >= 0.3 is 11.9 Å². The van der Waals surface area contributed by atoms with E-state index >= 15 is 0 Å². The Kier molecular flexibility index (Phi) is 6.34. The van der Waals surface area contributed by atoms with Gasteiger partial charge in [-0.15, -0.1) is 0 Å². The van der Waals surface area contributed by atoms with Crippen LogP contribution in [-0.2, 0) is 25.0 Å². The summed E-state index contributed by atoms with van der Waals surface area (Å²) < 4.78 is 72.2. The molecular formula is C22H12Cl2O9S2. The highest BCUT2D eigenvalue weighted by Gasteiger charge is 2.31. The van der Waals surface area contributed by atoms with Crippen LogP contribution in [0.4, 0.5) is 0 Å². The highest BCUT2D eigenvalue weighted by atomic mass is 35.5. The Bertz CT molecular complexity index is 1650. The summed E-state index contributed by atoms with van der Waals surface area (Å²) in [5.41, 5.74) is -1.40. The molecular weight excluding hydrogens is 543 g/mol. The van der Waals surface area contributed by atoms with E-state index in [1.165, 1.54) is 36.4 Å². The predicted molar refractivity (Wildman–Crippen MR) is 127 cm³/mol. The van der Waals surface area contributed by atoms with Crippen molar-refractivity contribution >= 4 is 76.9 Å². The molecule has 0 aromatic heterocycles. The molecule has 0 aliphatic rings. The normalized spacial score (nSPS) is 12.1. The summed E-state index contributed by atoms with van der Waals surface area (Å²) in [7, 11) is -10.0. The Hall–Kier alpha value is -3.06. The number of benzene rings is 4. The number of fused-ring (bicyclic) bond motifs is 2. The van der Waals surface area contributed by atoms with Crippen molar-refractivity contribution < 1.29 is 40.3 Å². The quantitative estimate of drug-likeness (QED) is 0.206. The van der Waals surface area contributed by atoms with E-state index in [4.69, 9.17) is 27.9 Å². The molecule has 0 fully saturated rings. The lowest BCUT2D eigenvalue weighted by Crippen LogP contribution is -2.19. The van der Waals surface area contributed by atoms with Gasteiger partial charge in [0.25, 0.3) is 20.2 Å². The third-order valence-corrected chi connectivity index (χ3v) is 7.45. The number of carbonyl (C=O) groups is 2. The van der Waals surface area contributed by atoms with Gasteiger partial charge in [-0.05, 0) is 22.9 Å². The van der Waals surface area contributed by atoms with Crippen molar-refractivity contribution in [3.63, 3.8) is 0 Å². The van der Waals surface area contributed by atoms with E-state index in [0.717, 1.165) is 12.1 Å². The van der Waals surface area contributed by atoms with Crippen molar-refractivity contribution in [1.82, 2.24) is 0 Å². The molecule has 0 aliphatic heterocycles. The molecule has 4 aromatic carbocycles. The lowest BCUT2D eigenvalue weighted by molar-refractivity contribution is 0.0394. The van der Waals surface area contributed by atoms with Crippen molar-refractivity contribution in [2.75, 3.05) is 0 Å². The summed E-state index contributed by atoms with van der Waals surface area (Å²) in [5.74, 6) is -3.04. The number of hydrogen-bond donors (Lipinski definition) is 2. The van der Waals surface area contributed by atoms with Crippen LogP contribution in [-0.4, -0.2) is 37.9 Å². The standard InChI is InChI=1S/C22H12Cl2O9S2/c23-15-9-17(34(27,28)29)19(13-7-3-1-5-11(13)15)21(25)33-22(26)20-14-8-4-2-6-12(14)16(24)10-18(20)35(30,31)32/h1-10H,(H,27,28,29)(H,30,31,32). The second-order valence-electron chi connectivity index (χ2n) is 7.18. The van der Waals surface area contributed by atoms with Gasteiger partial charge in [-0.3, -0.25) is 9.11 Å². The van der Waals surface area contributed by atoms with Gasteiger partial charge < -0.3 is 4.74 Å². The van der Waals surface area contributed by atoms with Gasteiger partial charge in [-0.1, -0.05) is 71.7 Å². The van der Waals surface area contributed by atoms with E-state index in [2.05, 4.69) is 0 Å². The molecule has 180 valence electrons. The highest BCUT2D eigenvalue weighted by Crippen LogP contribution is 2.35. The van der Waals surface area contributed by atoms with Crippen molar-refractivity contribution in [2.45, 2.75) is 9.79 Å². The average Bonchev–Trinajstić information content (AvgIpc) is 2.77. The number of esters is 2. The Morgan fingerprint density at radius 2 is 0.943 bits per heavy atom. The Morgan fingerprint density at radius 3 is 1.26 bits per heavy atom. The molecule has 4 aromatic rings. The van der Waals surface area contributed by atoms with Gasteiger partial charge in [0, 0.05) is 20.8 Å². The minimum absolute atomic E-state index is 0.0543. The molecule has 0 amide bonds. The van der Waals surface area contributed by atoms with Crippen LogP contribution in [0, 0.1) is 0 Å². The molecule has 0 aliphatic carbocycles. The lowest BCUT2D eigenvalue weighted by Gasteiger charge is -2.14. The van der Waals surface area contributed by atoms with E-state index in [1.807, 2.05) is 0 Å². The van der Waals surface area contributed by atoms with Gasteiger partial charge in [-0.25, -0.2) is 9.59 Å². The fourth-order valence-corrected chi connectivity index (χ4v) is 5.74. The van der Waals surface area contributed by atoms with Crippen LogP contribution in [0.3, 0.4) is 0 Å². The molecule has 9 nitrogen and oxygen atoms in total. The van der Waals surface area contributed by atoms with E-state index in [9.17, 15) is 35.5 Å². The molecule has 0 radical (unpaired) electrons. The highest BCUT2D eigenvalue weighted by molar-refractivity contribution is 7.86. The Balaban J connectivity index is 1.94. The zero-order chi connectivity index (χ0) is 25.7. The molecule has 4 rings (SSSR count). The second-order valence-corrected chi connectivity index (χ2v) is 10.8. The van der Waals surface area contributed by atoms with Gasteiger partial charge in [0.1, 0.15) is 9.79 Å². The molecule has 0 saturated heterocycles. The Labute approximate surface area is 208 Å². The number of rotatable bonds is 4. The smallest absolute Gasteiger partial charge is 0.348 e. The van der Waals surface area contributed by atoms with Gasteiger partial charge in [-0.2, -0.15) is 16.8 Å². The first-order chi connectivity index (χ1) is 16.3. The summed E-state index contributed by atoms with van der Waals surface area (Å²) in [6.45, 7) is 0. The molecule has 0 spiro atoms. The molecule has 0 bridgehead atoms. The summed E-state index contributed by atoms with van der Waals surface area (Å²) in [4.78, 5) is 24.3. The van der Waals surface area contributed by atoms with E-state index < -0.39 is 53.1 Å². The van der Waals surface area contributed by atoms with E-state index in [-0.39, 0.29) is 31.6 Å². The largest absolute Gasteiger partial charge is 0.386 e. The van der Waals surface area contributed by atoms with Crippen LogP contribution < -0.4 is 0 Å². The van der Waals surface area contributed by atoms with Crippen LogP contribution in [0.15, 0.2) is 70.5 Å². The third kappa shape index (κ3) is 4.61. The minimum Gasteiger partial charge on any atom is -0.386 e. The van der Waals surface area contributed by atoms with Gasteiger partial charge in [0.2, 0.25) is 0 Å². The van der Waals surface area contributed by atoms with Crippen LogP contribution in [0.1, 0.15) is 20.7 Å². The molecule has 0 unspecified atom stereocenters. The van der Waals surface area contributed by atoms with Crippen molar-refractivity contribution in [2.24, 2.45) is 0 Å².